The lowest BCUT2D eigenvalue weighted by atomic mass is 10.0. The third-order valence-corrected chi connectivity index (χ3v) is 3.16. The van der Waals surface area contributed by atoms with Gasteiger partial charge in [-0.25, -0.2) is 4.79 Å². The highest BCUT2D eigenvalue weighted by Gasteiger charge is 2.51. The Kier molecular flexibility index (Phi) is 3.26. The summed E-state index contributed by atoms with van der Waals surface area (Å²) in [6, 6.07) is 9.40. The number of carbonyl (C=O) groups excluding carboxylic acids is 1. The van der Waals surface area contributed by atoms with Crippen LogP contribution < -0.4 is 0 Å². The molecule has 18 heavy (non-hydrogen) atoms. The van der Waals surface area contributed by atoms with E-state index in [0.717, 1.165) is 5.56 Å². The Bertz CT molecular complexity index is 480. The van der Waals surface area contributed by atoms with E-state index in [0.29, 0.717) is 0 Å². The van der Waals surface area contributed by atoms with Gasteiger partial charge >= 0.3 is 6.09 Å². The van der Waals surface area contributed by atoms with Gasteiger partial charge in [-0.05, 0) is 12.5 Å². The summed E-state index contributed by atoms with van der Waals surface area (Å²) < 4.78 is 5.06. The number of terminal acetylenes is 1. The fourth-order valence-electron chi connectivity index (χ4n) is 2.04. The molecular weight excluding hydrogens is 230 g/mol. The molecule has 0 bridgehead atoms. The summed E-state index contributed by atoms with van der Waals surface area (Å²) in [6.45, 7) is 1.92. The number of carbonyl (C=O) groups is 1. The molecule has 1 aromatic carbocycles. The van der Waals surface area contributed by atoms with E-state index in [9.17, 15) is 9.90 Å². The van der Waals surface area contributed by atoms with Gasteiger partial charge in [0.2, 0.25) is 0 Å². The minimum atomic E-state index is -1.43. The molecule has 1 heterocycles. The van der Waals surface area contributed by atoms with Crippen molar-refractivity contribution in [1.82, 2.24) is 4.90 Å². The Labute approximate surface area is 106 Å². The van der Waals surface area contributed by atoms with E-state index in [1.165, 1.54) is 4.90 Å². The monoisotopic (exact) mass is 245 g/mol. The predicted molar refractivity (Wildman–Crippen MR) is 66.3 cm³/mol. The third kappa shape index (κ3) is 2.05. The fraction of sp³-hybridized carbons (Fsp3) is 0.357. The largest absolute Gasteiger partial charge is 0.441 e. The Morgan fingerprint density at radius 2 is 2.17 bits per heavy atom. The van der Waals surface area contributed by atoms with Gasteiger partial charge in [-0.3, -0.25) is 4.90 Å². The normalized spacial score (nSPS) is 26.8. The number of hydrogen-bond donors (Lipinski definition) is 1. The first kappa shape index (κ1) is 12.5. The summed E-state index contributed by atoms with van der Waals surface area (Å²) in [5.74, 6) is 2.39. The first-order chi connectivity index (χ1) is 8.58. The summed E-state index contributed by atoms with van der Waals surface area (Å²) >= 11 is 0. The van der Waals surface area contributed by atoms with E-state index in [-0.39, 0.29) is 13.0 Å². The lowest BCUT2D eigenvalue weighted by Crippen LogP contribution is -2.49. The van der Waals surface area contributed by atoms with Crippen LogP contribution in [0.25, 0.3) is 0 Å². The zero-order valence-electron chi connectivity index (χ0n) is 10.2. The van der Waals surface area contributed by atoms with Crippen LogP contribution in [0.3, 0.4) is 0 Å². The van der Waals surface area contributed by atoms with Crippen molar-refractivity contribution in [3.8, 4) is 12.3 Å². The van der Waals surface area contributed by atoms with Gasteiger partial charge in [-0.15, -0.1) is 12.3 Å². The molecule has 1 amide bonds. The average molecular weight is 245 g/mol. The van der Waals surface area contributed by atoms with Crippen molar-refractivity contribution in [3.05, 3.63) is 35.9 Å². The van der Waals surface area contributed by atoms with Gasteiger partial charge in [0.05, 0.1) is 13.0 Å². The van der Waals surface area contributed by atoms with Crippen LogP contribution >= 0.6 is 0 Å². The molecule has 1 fully saturated rings. The summed E-state index contributed by atoms with van der Waals surface area (Å²) in [5, 5.41) is 10.5. The molecule has 0 spiro atoms. The second-order valence-electron chi connectivity index (χ2n) is 4.36. The zero-order chi connectivity index (χ0) is 13.2. The summed E-state index contributed by atoms with van der Waals surface area (Å²) in [7, 11) is 0. The third-order valence-electron chi connectivity index (χ3n) is 3.16. The predicted octanol–water partition coefficient (Wildman–Crippen LogP) is 1.74. The summed E-state index contributed by atoms with van der Waals surface area (Å²) in [5.41, 5.74) is -0.513. The number of cyclic esters (lactones) is 1. The lowest BCUT2D eigenvalue weighted by molar-refractivity contribution is -0.0926. The minimum absolute atomic E-state index is 0.0484. The number of ether oxygens (including phenoxy) is 1. The highest BCUT2D eigenvalue weighted by molar-refractivity contribution is 5.71. The van der Waals surface area contributed by atoms with Crippen LogP contribution in [-0.2, 0) is 11.3 Å². The zero-order valence-corrected chi connectivity index (χ0v) is 10.2. The number of hydrogen-bond acceptors (Lipinski definition) is 3. The molecule has 0 aliphatic carbocycles. The number of benzene rings is 1. The van der Waals surface area contributed by atoms with E-state index < -0.39 is 17.9 Å². The molecule has 0 aromatic heterocycles. The maximum atomic E-state index is 11.8. The van der Waals surface area contributed by atoms with Crippen molar-refractivity contribution in [3.63, 3.8) is 0 Å². The standard InChI is InChI=1S/C14H15NO3/c1-3-9-14(17)11(2)18-13(16)15(14)10-12-7-5-4-6-8-12/h1,4-8,11,17H,9-10H2,2H3/t11-,14+/m0/s1. The maximum absolute atomic E-state index is 11.8. The van der Waals surface area contributed by atoms with Crippen molar-refractivity contribution < 1.29 is 14.6 Å². The molecule has 4 nitrogen and oxygen atoms in total. The summed E-state index contributed by atoms with van der Waals surface area (Å²) in [6.07, 6.45) is 4.13. The molecule has 1 N–H and O–H groups in total. The van der Waals surface area contributed by atoms with Gasteiger partial charge in [-0.1, -0.05) is 30.3 Å². The molecule has 1 saturated heterocycles. The molecular formula is C14H15NO3. The molecule has 0 unspecified atom stereocenters. The van der Waals surface area contributed by atoms with Gasteiger partial charge in [0.15, 0.2) is 5.72 Å². The van der Waals surface area contributed by atoms with Gasteiger partial charge in [-0.2, -0.15) is 0 Å². The second kappa shape index (κ2) is 4.71. The van der Waals surface area contributed by atoms with Gasteiger partial charge in [0.1, 0.15) is 6.10 Å². The first-order valence-electron chi connectivity index (χ1n) is 5.76. The van der Waals surface area contributed by atoms with E-state index in [2.05, 4.69) is 5.92 Å². The van der Waals surface area contributed by atoms with Crippen molar-refractivity contribution >= 4 is 6.09 Å². The first-order valence-corrected chi connectivity index (χ1v) is 5.76. The Balaban J connectivity index is 2.24. The molecule has 1 aliphatic heterocycles. The smallest absolute Gasteiger partial charge is 0.412 e. The van der Waals surface area contributed by atoms with Crippen molar-refractivity contribution in [2.75, 3.05) is 0 Å². The topological polar surface area (TPSA) is 49.8 Å². The average Bonchev–Trinajstić information content (AvgIpc) is 2.55. The Morgan fingerprint density at radius 3 is 2.78 bits per heavy atom. The number of rotatable bonds is 3. The van der Waals surface area contributed by atoms with Gasteiger partial charge in [0, 0.05) is 0 Å². The molecule has 2 rings (SSSR count). The van der Waals surface area contributed by atoms with Gasteiger partial charge in [0.25, 0.3) is 0 Å². The molecule has 0 saturated carbocycles. The molecule has 2 atom stereocenters. The number of nitrogens with zero attached hydrogens (tertiary/aromatic N) is 1. The van der Waals surface area contributed by atoms with E-state index in [4.69, 9.17) is 11.2 Å². The summed E-state index contributed by atoms with van der Waals surface area (Å²) in [4.78, 5) is 13.0. The number of aliphatic hydroxyl groups is 1. The Morgan fingerprint density at radius 1 is 1.50 bits per heavy atom. The molecule has 1 aliphatic rings. The molecule has 1 aromatic rings. The second-order valence-corrected chi connectivity index (χ2v) is 4.36. The van der Waals surface area contributed by atoms with Crippen LogP contribution in [0.5, 0.6) is 0 Å². The maximum Gasteiger partial charge on any atom is 0.412 e. The quantitative estimate of drug-likeness (QED) is 0.825. The highest BCUT2D eigenvalue weighted by Crippen LogP contribution is 2.32. The van der Waals surface area contributed by atoms with E-state index >= 15 is 0 Å². The van der Waals surface area contributed by atoms with Crippen LogP contribution in [0.4, 0.5) is 4.79 Å². The fourth-order valence-corrected chi connectivity index (χ4v) is 2.04. The molecule has 0 radical (unpaired) electrons. The van der Waals surface area contributed by atoms with Crippen LogP contribution in [0, 0.1) is 12.3 Å². The van der Waals surface area contributed by atoms with Crippen LogP contribution in [0.15, 0.2) is 30.3 Å². The molecule has 94 valence electrons. The van der Waals surface area contributed by atoms with Crippen LogP contribution in [0.2, 0.25) is 0 Å². The minimum Gasteiger partial charge on any atom is -0.441 e. The van der Waals surface area contributed by atoms with Crippen molar-refractivity contribution in [2.45, 2.75) is 31.7 Å². The lowest BCUT2D eigenvalue weighted by Gasteiger charge is -2.31. The van der Waals surface area contributed by atoms with Crippen molar-refractivity contribution in [1.29, 1.82) is 0 Å². The van der Waals surface area contributed by atoms with E-state index in [1.54, 1.807) is 6.92 Å². The Hall–Kier alpha value is -1.99. The van der Waals surface area contributed by atoms with Crippen LogP contribution in [-0.4, -0.2) is 27.9 Å². The van der Waals surface area contributed by atoms with Crippen molar-refractivity contribution in [2.24, 2.45) is 0 Å². The van der Waals surface area contributed by atoms with Gasteiger partial charge < -0.3 is 9.84 Å². The van der Waals surface area contributed by atoms with E-state index in [1.807, 2.05) is 30.3 Å². The SMILES string of the molecule is C#CC[C@@]1(O)[C@H](C)OC(=O)N1Cc1ccccc1. The highest BCUT2D eigenvalue weighted by atomic mass is 16.6. The van der Waals surface area contributed by atoms with Crippen LogP contribution in [0.1, 0.15) is 18.9 Å². The number of amides is 1. The molecule has 4 heteroatoms.